The first-order valence-electron chi connectivity index (χ1n) is 5.32. The maximum absolute atomic E-state index is 5.94. The molecule has 0 atom stereocenters. The summed E-state index contributed by atoms with van der Waals surface area (Å²) in [5, 5.41) is 8.30. The molecule has 0 fully saturated rings. The molecule has 92 valence electrons. The monoisotopic (exact) mass is 247 g/mol. The second-order valence-corrected chi connectivity index (χ2v) is 4.08. The molecule has 0 spiro atoms. The van der Waals surface area contributed by atoms with Crippen molar-refractivity contribution in [3.63, 3.8) is 0 Å². The van der Waals surface area contributed by atoms with Crippen LogP contribution in [0.3, 0.4) is 0 Å². The Hall–Kier alpha value is -0.650. The third kappa shape index (κ3) is 3.73. The summed E-state index contributed by atoms with van der Waals surface area (Å²) in [7, 11) is 1.65. The lowest BCUT2D eigenvalue weighted by atomic mass is 10.2. The number of halogens is 1. The predicted molar refractivity (Wildman–Crippen MR) is 61.8 cm³/mol. The van der Waals surface area contributed by atoms with Crippen molar-refractivity contribution in [3.8, 4) is 0 Å². The normalized spacial score (nSPS) is 11.3. The lowest BCUT2D eigenvalue weighted by Crippen LogP contribution is -2.12. The highest BCUT2D eigenvalue weighted by molar-refractivity contribution is 6.28. The maximum Gasteiger partial charge on any atom is 0.225 e. The molecule has 0 aliphatic rings. The zero-order valence-corrected chi connectivity index (χ0v) is 10.7. The SMILES string of the molecule is COCCOCCn1c(Cl)nnc1C(C)C. The van der Waals surface area contributed by atoms with Gasteiger partial charge in [-0.1, -0.05) is 13.8 Å². The number of nitrogens with zero attached hydrogens (tertiary/aromatic N) is 3. The quantitative estimate of drug-likeness (QED) is 0.689. The molecule has 1 heterocycles. The van der Waals surface area contributed by atoms with E-state index in [0.717, 1.165) is 5.82 Å². The van der Waals surface area contributed by atoms with Crippen molar-refractivity contribution in [2.75, 3.05) is 26.9 Å². The molecule has 0 aromatic carbocycles. The smallest absolute Gasteiger partial charge is 0.225 e. The molecule has 0 N–H and O–H groups in total. The maximum atomic E-state index is 5.94. The van der Waals surface area contributed by atoms with Crippen LogP contribution in [0.25, 0.3) is 0 Å². The van der Waals surface area contributed by atoms with Crippen LogP contribution in [0, 0.1) is 0 Å². The van der Waals surface area contributed by atoms with Crippen molar-refractivity contribution >= 4 is 11.6 Å². The van der Waals surface area contributed by atoms with Crippen molar-refractivity contribution in [1.29, 1.82) is 0 Å². The molecule has 0 amide bonds. The van der Waals surface area contributed by atoms with E-state index >= 15 is 0 Å². The molecule has 0 radical (unpaired) electrons. The second-order valence-electron chi connectivity index (χ2n) is 3.74. The van der Waals surface area contributed by atoms with Crippen LogP contribution in [0.15, 0.2) is 0 Å². The second kappa shape index (κ2) is 6.83. The molecule has 0 unspecified atom stereocenters. The minimum absolute atomic E-state index is 0.305. The van der Waals surface area contributed by atoms with Crippen LogP contribution in [0.2, 0.25) is 5.28 Å². The molecule has 1 rings (SSSR count). The van der Waals surface area contributed by atoms with Crippen LogP contribution in [0.4, 0.5) is 0 Å². The van der Waals surface area contributed by atoms with E-state index in [4.69, 9.17) is 21.1 Å². The topological polar surface area (TPSA) is 49.2 Å². The Morgan fingerprint density at radius 2 is 2.00 bits per heavy atom. The van der Waals surface area contributed by atoms with Gasteiger partial charge in [0.1, 0.15) is 5.82 Å². The number of methoxy groups -OCH3 is 1. The number of aromatic nitrogens is 3. The molecule has 16 heavy (non-hydrogen) atoms. The van der Waals surface area contributed by atoms with Crippen LogP contribution in [0.1, 0.15) is 25.6 Å². The summed E-state index contributed by atoms with van der Waals surface area (Å²) in [6.07, 6.45) is 0. The third-order valence-electron chi connectivity index (χ3n) is 2.14. The lowest BCUT2D eigenvalue weighted by Gasteiger charge is -2.10. The predicted octanol–water partition coefficient (Wildman–Crippen LogP) is 1.72. The summed E-state index contributed by atoms with van der Waals surface area (Å²) < 4.78 is 12.1. The highest BCUT2D eigenvalue weighted by Crippen LogP contribution is 2.16. The van der Waals surface area contributed by atoms with Gasteiger partial charge < -0.3 is 9.47 Å². The van der Waals surface area contributed by atoms with Gasteiger partial charge in [-0.15, -0.1) is 10.2 Å². The van der Waals surface area contributed by atoms with Crippen molar-refractivity contribution in [2.45, 2.75) is 26.3 Å². The average molecular weight is 248 g/mol. The van der Waals surface area contributed by atoms with Crippen molar-refractivity contribution < 1.29 is 9.47 Å². The van der Waals surface area contributed by atoms with E-state index in [1.807, 2.05) is 4.57 Å². The lowest BCUT2D eigenvalue weighted by molar-refractivity contribution is 0.0662. The summed E-state index contributed by atoms with van der Waals surface area (Å²) in [4.78, 5) is 0. The van der Waals surface area contributed by atoms with Gasteiger partial charge in [0.05, 0.1) is 26.4 Å². The Kier molecular flexibility index (Phi) is 5.73. The minimum atomic E-state index is 0.305. The van der Waals surface area contributed by atoms with Crippen LogP contribution in [0.5, 0.6) is 0 Å². The van der Waals surface area contributed by atoms with Gasteiger partial charge in [-0.05, 0) is 11.6 Å². The first kappa shape index (κ1) is 13.4. The summed E-state index contributed by atoms with van der Waals surface area (Å²) in [5.41, 5.74) is 0. The van der Waals surface area contributed by atoms with E-state index in [9.17, 15) is 0 Å². The highest BCUT2D eigenvalue weighted by Gasteiger charge is 2.12. The molecule has 0 saturated carbocycles. The zero-order chi connectivity index (χ0) is 12.0. The summed E-state index contributed by atoms with van der Waals surface area (Å²) in [6, 6.07) is 0. The van der Waals surface area contributed by atoms with Gasteiger partial charge in [-0.25, -0.2) is 0 Å². The Balaban J connectivity index is 2.43. The molecular formula is C10H18ClN3O2. The fourth-order valence-corrected chi connectivity index (χ4v) is 1.54. The fraction of sp³-hybridized carbons (Fsp3) is 0.800. The Morgan fingerprint density at radius 3 is 2.62 bits per heavy atom. The molecule has 0 bridgehead atoms. The zero-order valence-electron chi connectivity index (χ0n) is 9.94. The molecular weight excluding hydrogens is 230 g/mol. The number of hydrogen-bond donors (Lipinski definition) is 0. The Labute approximate surface area is 101 Å². The van der Waals surface area contributed by atoms with E-state index in [1.54, 1.807) is 7.11 Å². The third-order valence-corrected chi connectivity index (χ3v) is 2.42. The van der Waals surface area contributed by atoms with Crippen LogP contribution in [-0.4, -0.2) is 41.7 Å². The van der Waals surface area contributed by atoms with Gasteiger partial charge in [0.15, 0.2) is 0 Å². The van der Waals surface area contributed by atoms with Crippen LogP contribution >= 0.6 is 11.6 Å². The largest absolute Gasteiger partial charge is 0.382 e. The number of ether oxygens (including phenoxy) is 2. The van der Waals surface area contributed by atoms with Crippen molar-refractivity contribution in [1.82, 2.24) is 14.8 Å². The molecule has 1 aromatic heterocycles. The minimum Gasteiger partial charge on any atom is -0.382 e. The molecule has 6 heteroatoms. The van der Waals surface area contributed by atoms with E-state index in [-0.39, 0.29) is 0 Å². The first-order valence-corrected chi connectivity index (χ1v) is 5.70. The van der Waals surface area contributed by atoms with Crippen molar-refractivity contribution in [2.24, 2.45) is 0 Å². The van der Waals surface area contributed by atoms with E-state index in [2.05, 4.69) is 24.0 Å². The number of rotatable bonds is 7. The molecule has 0 saturated heterocycles. The van der Waals surface area contributed by atoms with E-state index in [0.29, 0.717) is 37.6 Å². The van der Waals surface area contributed by atoms with E-state index in [1.165, 1.54) is 0 Å². The van der Waals surface area contributed by atoms with Crippen LogP contribution < -0.4 is 0 Å². The summed E-state index contributed by atoms with van der Waals surface area (Å²) >= 11 is 5.94. The highest BCUT2D eigenvalue weighted by atomic mass is 35.5. The van der Waals surface area contributed by atoms with Crippen LogP contribution in [-0.2, 0) is 16.0 Å². The van der Waals surface area contributed by atoms with Gasteiger partial charge in [-0.2, -0.15) is 0 Å². The number of hydrogen-bond acceptors (Lipinski definition) is 4. The summed E-state index contributed by atoms with van der Waals surface area (Å²) in [5.74, 6) is 1.19. The van der Waals surface area contributed by atoms with E-state index < -0.39 is 0 Å². The van der Waals surface area contributed by atoms with Gasteiger partial charge >= 0.3 is 0 Å². The fourth-order valence-electron chi connectivity index (χ4n) is 1.33. The molecule has 5 nitrogen and oxygen atoms in total. The average Bonchev–Trinajstić information content (AvgIpc) is 2.60. The molecule has 0 aliphatic heterocycles. The molecule has 1 aromatic rings. The summed E-state index contributed by atoms with van der Waals surface area (Å²) in [6.45, 7) is 6.56. The molecule has 0 aliphatic carbocycles. The van der Waals surface area contributed by atoms with Gasteiger partial charge in [0.2, 0.25) is 5.28 Å². The van der Waals surface area contributed by atoms with Crippen molar-refractivity contribution in [3.05, 3.63) is 11.1 Å². The first-order chi connectivity index (χ1) is 7.66. The van der Waals surface area contributed by atoms with Gasteiger partial charge in [0.25, 0.3) is 0 Å². The Bertz CT molecular complexity index is 315. The standard InChI is InChI=1S/C10H18ClN3O2/c1-8(2)9-12-13-10(11)14(9)4-5-16-7-6-15-3/h8H,4-7H2,1-3H3. The van der Waals surface area contributed by atoms with Gasteiger partial charge in [-0.3, -0.25) is 4.57 Å². The Morgan fingerprint density at radius 1 is 1.25 bits per heavy atom. The van der Waals surface area contributed by atoms with Gasteiger partial charge in [0, 0.05) is 13.0 Å².